The summed E-state index contributed by atoms with van der Waals surface area (Å²) < 4.78 is 56.9. The third kappa shape index (κ3) is 9.66. The number of rotatable bonds is 10. The van der Waals surface area contributed by atoms with Crippen molar-refractivity contribution in [3.63, 3.8) is 0 Å². The Morgan fingerprint density at radius 3 is 1.54 bits per heavy atom. The van der Waals surface area contributed by atoms with Gasteiger partial charge in [0.15, 0.2) is 11.6 Å². The second-order valence-electron chi connectivity index (χ2n) is 12.2. The zero-order valence-electron chi connectivity index (χ0n) is 31.1. The summed E-state index contributed by atoms with van der Waals surface area (Å²) in [6, 6.07) is 22.3. The number of carbonyl (C=O) groups excluding carboxylic acids is 3. The van der Waals surface area contributed by atoms with Crippen molar-refractivity contribution in [2.75, 3.05) is 18.1 Å². The molecule has 14 heteroatoms. The van der Waals surface area contributed by atoms with Gasteiger partial charge in [-0.05, 0) is 84.6 Å². The lowest BCUT2D eigenvalue weighted by Gasteiger charge is -2.14. The van der Waals surface area contributed by atoms with Gasteiger partial charge in [-0.1, -0.05) is 38.1 Å². The Balaban J connectivity index is 0.000000242. The molecule has 0 saturated carbocycles. The van der Waals surface area contributed by atoms with E-state index < -0.39 is 46.0 Å². The molecule has 0 aliphatic heterocycles. The van der Waals surface area contributed by atoms with Crippen LogP contribution in [0, 0.1) is 30.2 Å². The molecule has 0 aliphatic rings. The topological polar surface area (TPSA) is 167 Å². The number of aliphatic hydroxyl groups excluding tert-OH is 1. The van der Waals surface area contributed by atoms with Gasteiger partial charge in [-0.25, -0.2) is 17.6 Å². The van der Waals surface area contributed by atoms with Crippen LogP contribution in [0.1, 0.15) is 62.4 Å². The van der Waals surface area contributed by atoms with E-state index in [4.69, 9.17) is 16.6 Å². The van der Waals surface area contributed by atoms with Crippen LogP contribution in [0.25, 0.3) is 11.4 Å². The summed E-state index contributed by atoms with van der Waals surface area (Å²) in [7, 11) is 0. The molecule has 4 aromatic carbocycles. The predicted molar refractivity (Wildman–Crippen MR) is 209 cm³/mol. The minimum absolute atomic E-state index is 0.00588. The third-order valence-corrected chi connectivity index (χ3v) is 8.53. The van der Waals surface area contributed by atoms with Crippen LogP contribution in [0.3, 0.4) is 0 Å². The highest BCUT2D eigenvalue weighted by molar-refractivity contribution is 6.12. The molecule has 6 aromatic rings. The number of benzene rings is 4. The van der Waals surface area contributed by atoms with Gasteiger partial charge in [0.2, 0.25) is 0 Å². The fraction of sp³-hybridized carbons (Fsp3) is 0.140. The lowest BCUT2D eigenvalue weighted by atomic mass is 10.0. The van der Waals surface area contributed by atoms with E-state index in [9.17, 15) is 41.5 Å². The number of aldehydes is 1. The van der Waals surface area contributed by atoms with Crippen molar-refractivity contribution in [3.05, 3.63) is 186 Å². The molecule has 0 saturated heterocycles. The first-order valence-electron chi connectivity index (χ1n) is 17.5. The second-order valence-corrected chi connectivity index (χ2v) is 12.2. The summed E-state index contributed by atoms with van der Waals surface area (Å²) in [5, 5.41) is 8.99. The largest absolute Gasteiger partial charge is 0.396 e. The summed E-state index contributed by atoms with van der Waals surface area (Å²) >= 11 is 0. The van der Waals surface area contributed by atoms with Crippen LogP contribution < -0.4 is 22.6 Å². The molecule has 0 radical (unpaired) electrons. The minimum atomic E-state index is -1.02. The average molecular weight is 783 g/mol. The molecule has 0 spiro atoms. The molecular weight excluding hydrogens is 744 g/mol. The maximum Gasteiger partial charge on any atom is 0.256 e. The molecule has 0 aliphatic carbocycles. The van der Waals surface area contributed by atoms with E-state index >= 15 is 0 Å². The molecule has 5 N–H and O–H groups in total. The number of hydrogen-bond acceptors (Lipinski definition) is 8. The standard InChI is InChI=1S/C21H18F2N2O3.C20H14F2N2O3.C2H6/c1-12-10-16(18(23)11-17(12)22)20(28)15-6-7-19(27)25(21(15)24)14-4-2-13(3-5-14)8-9-26;21-13-3-6-15(17(22)11-13)19(27)16-7-8-18(26)24(20(16)23)14-4-1-12(2-5-14)9-10-25;1-2/h2-7,10-11,26H,8-9,24H2,1H3;1-8,10-11H,9,23H2;1-2H3. The zero-order chi connectivity index (χ0) is 42.0. The van der Waals surface area contributed by atoms with Gasteiger partial charge >= 0.3 is 0 Å². The number of aromatic nitrogens is 2. The second kappa shape index (κ2) is 19.1. The number of ketones is 2. The first-order chi connectivity index (χ1) is 27.2. The van der Waals surface area contributed by atoms with Gasteiger partial charge < -0.3 is 21.4 Å². The quantitative estimate of drug-likeness (QED) is 0.0808. The number of aryl methyl sites for hydroxylation is 1. The fourth-order valence-electron chi connectivity index (χ4n) is 5.64. The van der Waals surface area contributed by atoms with Crippen molar-refractivity contribution in [2.24, 2.45) is 0 Å². The first-order valence-corrected chi connectivity index (χ1v) is 17.5. The molecule has 57 heavy (non-hydrogen) atoms. The Bertz CT molecular complexity index is 2550. The van der Waals surface area contributed by atoms with Crippen molar-refractivity contribution in [3.8, 4) is 11.4 Å². The Kier molecular flexibility index (Phi) is 14.3. The Morgan fingerprint density at radius 2 is 1.07 bits per heavy atom. The van der Waals surface area contributed by atoms with Gasteiger partial charge in [-0.3, -0.25) is 28.3 Å². The summed E-state index contributed by atoms with van der Waals surface area (Å²) in [5.41, 5.74) is 12.9. The van der Waals surface area contributed by atoms with Crippen LogP contribution in [0.4, 0.5) is 29.2 Å². The monoisotopic (exact) mass is 782 g/mol. The summed E-state index contributed by atoms with van der Waals surface area (Å²) in [6.45, 7) is 5.41. The lowest BCUT2D eigenvalue weighted by Crippen LogP contribution is -2.23. The van der Waals surface area contributed by atoms with Crippen molar-refractivity contribution in [1.29, 1.82) is 0 Å². The number of nitrogens with two attached hydrogens (primary N) is 2. The van der Waals surface area contributed by atoms with Crippen LogP contribution in [-0.4, -0.2) is 38.7 Å². The number of halogens is 4. The van der Waals surface area contributed by atoms with Crippen molar-refractivity contribution < 1.29 is 37.1 Å². The van der Waals surface area contributed by atoms with Crippen molar-refractivity contribution in [1.82, 2.24) is 9.13 Å². The predicted octanol–water partition coefficient (Wildman–Crippen LogP) is 6.47. The Morgan fingerprint density at radius 1 is 0.614 bits per heavy atom. The van der Waals surface area contributed by atoms with Crippen LogP contribution >= 0.6 is 0 Å². The Labute approximate surface area is 324 Å². The highest BCUT2D eigenvalue weighted by Gasteiger charge is 2.22. The number of nitrogen functional groups attached to an aromatic ring is 2. The van der Waals surface area contributed by atoms with Crippen LogP contribution in [0.15, 0.2) is 113 Å². The van der Waals surface area contributed by atoms with E-state index in [0.29, 0.717) is 29.9 Å². The average Bonchev–Trinajstić information content (AvgIpc) is 3.18. The van der Waals surface area contributed by atoms with Gasteiger partial charge in [-0.15, -0.1) is 0 Å². The van der Waals surface area contributed by atoms with E-state index in [1.807, 2.05) is 13.8 Å². The maximum atomic E-state index is 14.1. The van der Waals surface area contributed by atoms with E-state index in [2.05, 4.69) is 0 Å². The number of carbonyl (C=O) groups is 3. The molecule has 0 atom stereocenters. The minimum Gasteiger partial charge on any atom is -0.396 e. The molecule has 0 unspecified atom stereocenters. The molecule has 0 fully saturated rings. The normalized spacial score (nSPS) is 10.5. The number of aliphatic hydroxyl groups is 1. The van der Waals surface area contributed by atoms with E-state index in [1.165, 1.54) is 25.1 Å². The van der Waals surface area contributed by atoms with Gasteiger partial charge in [-0.2, -0.15) is 0 Å². The molecule has 2 aromatic heterocycles. The summed E-state index contributed by atoms with van der Waals surface area (Å²) in [4.78, 5) is 60.6. The van der Waals surface area contributed by atoms with Crippen LogP contribution in [0.2, 0.25) is 0 Å². The molecule has 0 amide bonds. The summed E-state index contributed by atoms with van der Waals surface area (Å²) in [6.07, 6.45) is 1.45. The molecule has 294 valence electrons. The van der Waals surface area contributed by atoms with Crippen LogP contribution in [-0.2, 0) is 17.6 Å². The Hall–Kier alpha value is -6.93. The molecular formula is C43H38F4N4O6. The van der Waals surface area contributed by atoms with E-state index in [1.54, 1.807) is 48.5 Å². The zero-order valence-corrected chi connectivity index (χ0v) is 31.1. The van der Waals surface area contributed by atoms with Gasteiger partial charge in [0, 0.05) is 37.3 Å². The number of hydrogen-bond donors (Lipinski definition) is 3. The summed E-state index contributed by atoms with van der Waals surface area (Å²) in [5.74, 6) is -5.41. The van der Waals surface area contributed by atoms with Gasteiger partial charge in [0.1, 0.15) is 41.2 Å². The molecule has 2 heterocycles. The number of nitrogens with zero attached hydrogens (tertiary/aromatic N) is 2. The van der Waals surface area contributed by atoms with E-state index in [0.717, 1.165) is 50.8 Å². The fourth-order valence-corrected chi connectivity index (χ4v) is 5.64. The molecule has 6 rings (SSSR count). The maximum absolute atomic E-state index is 14.1. The van der Waals surface area contributed by atoms with Crippen molar-refractivity contribution in [2.45, 2.75) is 33.6 Å². The van der Waals surface area contributed by atoms with Gasteiger partial charge in [0.25, 0.3) is 11.1 Å². The lowest BCUT2D eigenvalue weighted by molar-refractivity contribution is -0.107. The smallest absolute Gasteiger partial charge is 0.256 e. The highest BCUT2D eigenvalue weighted by atomic mass is 19.1. The van der Waals surface area contributed by atoms with Crippen LogP contribution in [0.5, 0.6) is 0 Å². The first kappa shape index (κ1) is 42.8. The molecule has 0 bridgehead atoms. The van der Waals surface area contributed by atoms with Gasteiger partial charge in [0.05, 0.1) is 33.6 Å². The SMILES string of the molecule is CC.Cc1cc(C(=O)c2ccc(=O)n(-c3ccc(CCO)cc3)c2N)c(F)cc1F.Nc1c(C(=O)c2ccc(F)cc2F)ccc(=O)n1-c1ccc(CC=O)cc1. The number of anilines is 2. The van der Waals surface area contributed by atoms with Crippen molar-refractivity contribution >= 4 is 29.5 Å². The highest BCUT2D eigenvalue weighted by Crippen LogP contribution is 2.24. The van der Waals surface area contributed by atoms with E-state index in [-0.39, 0.29) is 52.5 Å². The third-order valence-electron chi connectivity index (χ3n) is 8.53. The number of pyridine rings is 2. The molecule has 10 nitrogen and oxygen atoms in total.